The topological polar surface area (TPSA) is 50.2 Å². The number of carbonyl (C=O) groups is 1. The third-order valence-corrected chi connectivity index (χ3v) is 3.61. The molecule has 0 aliphatic carbocycles. The molecule has 1 heterocycles. The number of thiazole rings is 1. The number of aliphatic carboxylic acids is 1. The summed E-state index contributed by atoms with van der Waals surface area (Å²) in [6.07, 6.45) is 0.307. The summed E-state index contributed by atoms with van der Waals surface area (Å²) in [4.78, 5) is 15.2. The fraction of sp³-hybridized carbons (Fsp3) is 0.333. The van der Waals surface area contributed by atoms with Crippen molar-refractivity contribution >= 4 is 27.5 Å². The Kier molecular flexibility index (Phi) is 2.87. The van der Waals surface area contributed by atoms with E-state index < -0.39 is 11.4 Å². The lowest BCUT2D eigenvalue weighted by atomic mass is 9.90. The van der Waals surface area contributed by atoms with Crippen LogP contribution in [0.15, 0.2) is 18.2 Å². The van der Waals surface area contributed by atoms with E-state index in [4.69, 9.17) is 5.11 Å². The highest BCUT2D eigenvalue weighted by molar-refractivity contribution is 7.18. The highest BCUT2D eigenvalue weighted by atomic mass is 32.1. The second-order valence-corrected chi connectivity index (χ2v) is 5.68. The zero-order chi connectivity index (χ0) is 12.6. The minimum Gasteiger partial charge on any atom is -0.481 e. The number of hydrogen-bond acceptors (Lipinski definition) is 3. The summed E-state index contributed by atoms with van der Waals surface area (Å²) in [5.41, 5.74) is -0.557. The summed E-state index contributed by atoms with van der Waals surface area (Å²) in [5.74, 6) is -1.24. The van der Waals surface area contributed by atoms with E-state index in [1.165, 1.54) is 17.4 Å². The third kappa shape index (κ3) is 2.29. The maximum atomic E-state index is 13.4. The first kappa shape index (κ1) is 12.0. The molecule has 5 heteroatoms. The molecule has 0 atom stereocenters. The number of carboxylic acid groups (broad SMARTS) is 1. The second kappa shape index (κ2) is 4.07. The van der Waals surface area contributed by atoms with Gasteiger partial charge in [-0.25, -0.2) is 9.37 Å². The molecule has 17 heavy (non-hydrogen) atoms. The minimum atomic E-state index is -0.885. The van der Waals surface area contributed by atoms with E-state index >= 15 is 0 Å². The molecule has 1 aromatic carbocycles. The van der Waals surface area contributed by atoms with E-state index in [9.17, 15) is 9.18 Å². The Balaban J connectivity index is 2.38. The first-order chi connectivity index (χ1) is 7.90. The molecule has 1 aromatic heterocycles. The number of nitrogens with zero attached hydrogens (tertiary/aromatic N) is 1. The van der Waals surface area contributed by atoms with Crippen molar-refractivity contribution in [1.82, 2.24) is 4.98 Å². The minimum absolute atomic E-state index is 0.307. The van der Waals surface area contributed by atoms with Gasteiger partial charge in [0.25, 0.3) is 0 Å². The Labute approximate surface area is 102 Å². The van der Waals surface area contributed by atoms with Gasteiger partial charge in [-0.05, 0) is 26.0 Å². The third-order valence-electron chi connectivity index (χ3n) is 2.59. The molecule has 0 aliphatic heterocycles. The van der Waals surface area contributed by atoms with Crippen LogP contribution in [0.3, 0.4) is 0 Å². The van der Waals surface area contributed by atoms with Crippen LogP contribution in [0.25, 0.3) is 10.2 Å². The Morgan fingerprint density at radius 2 is 2.24 bits per heavy atom. The molecule has 3 nitrogen and oxygen atoms in total. The Hall–Kier alpha value is -1.49. The quantitative estimate of drug-likeness (QED) is 0.914. The van der Waals surface area contributed by atoms with Gasteiger partial charge in [-0.1, -0.05) is 6.07 Å². The normalized spacial score (nSPS) is 11.9. The molecule has 0 amide bonds. The number of fused-ring (bicyclic) bond motifs is 1. The molecule has 0 saturated heterocycles. The van der Waals surface area contributed by atoms with Crippen molar-refractivity contribution in [3.63, 3.8) is 0 Å². The van der Waals surface area contributed by atoms with E-state index in [0.29, 0.717) is 16.9 Å². The van der Waals surface area contributed by atoms with Crippen LogP contribution in [0, 0.1) is 11.2 Å². The van der Waals surface area contributed by atoms with Crippen LogP contribution in [-0.4, -0.2) is 16.1 Å². The van der Waals surface area contributed by atoms with Gasteiger partial charge in [-0.3, -0.25) is 4.79 Å². The lowest BCUT2D eigenvalue weighted by Gasteiger charge is -2.16. The lowest BCUT2D eigenvalue weighted by Crippen LogP contribution is -2.26. The molecule has 0 unspecified atom stereocenters. The van der Waals surface area contributed by atoms with Crippen molar-refractivity contribution in [1.29, 1.82) is 0 Å². The average Bonchev–Trinajstić information content (AvgIpc) is 2.60. The fourth-order valence-corrected chi connectivity index (χ4v) is 2.70. The maximum Gasteiger partial charge on any atom is 0.309 e. The molecule has 2 aromatic rings. The molecule has 0 radical (unpaired) electrons. The summed E-state index contributed by atoms with van der Waals surface area (Å²) < 4.78 is 14.2. The standard InChI is InChI=1S/C12H12FNO2S/c1-12(2,11(15)16)6-9-14-10-7(13)4-3-5-8(10)17-9/h3-5H,6H2,1-2H3,(H,15,16). The second-order valence-electron chi connectivity index (χ2n) is 4.56. The van der Waals surface area contributed by atoms with Crippen LogP contribution in [0.4, 0.5) is 4.39 Å². The first-order valence-electron chi connectivity index (χ1n) is 5.17. The molecule has 0 spiro atoms. The molecule has 2 rings (SSSR count). The molecule has 0 aliphatic rings. The average molecular weight is 253 g/mol. The van der Waals surface area contributed by atoms with E-state index in [-0.39, 0.29) is 5.82 Å². The van der Waals surface area contributed by atoms with Gasteiger partial charge >= 0.3 is 5.97 Å². The van der Waals surface area contributed by atoms with Crippen LogP contribution in [0.1, 0.15) is 18.9 Å². The van der Waals surface area contributed by atoms with Gasteiger partial charge < -0.3 is 5.11 Å². The number of para-hydroxylation sites is 1. The number of halogens is 1. The molecule has 0 saturated carbocycles. The van der Waals surface area contributed by atoms with Crippen molar-refractivity contribution in [2.45, 2.75) is 20.3 Å². The fourth-order valence-electron chi connectivity index (χ4n) is 1.49. The zero-order valence-electron chi connectivity index (χ0n) is 9.53. The Bertz CT molecular complexity index is 577. The molecule has 0 fully saturated rings. The van der Waals surface area contributed by atoms with Crippen LogP contribution in [0.2, 0.25) is 0 Å². The van der Waals surface area contributed by atoms with Crippen molar-refractivity contribution in [2.24, 2.45) is 5.41 Å². The zero-order valence-corrected chi connectivity index (χ0v) is 10.3. The van der Waals surface area contributed by atoms with Gasteiger partial charge in [0.1, 0.15) is 11.3 Å². The smallest absolute Gasteiger partial charge is 0.309 e. The molecule has 0 bridgehead atoms. The van der Waals surface area contributed by atoms with Crippen LogP contribution in [-0.2, 0) is 11.2 Å². The van der Waals surface area contributed by atoms with E-state index in [0.717, 1.165) is 4.70 Å². The van der Waals surface area contributed by atoms with Crippen molar-refractivity contribution < 1.29 is 14.3 Å². The SMILES string of the molecule is CC(C)(Cc1nc2c(F)cccc2s1)C(=O)O. The number of carboxylic acids is 1. The van der Waals surface area contributed by atoms with Crippen LogP contribution in [0.5, 0.6) is 0 Å². The summed E-state index contributed by atoms with van der Waals surface area (Å²) in [7, 11) is 0. The predicted molar refractivity (Wildman–Crippen MR) is 64.7 cm³/mol. The summed E-state index contributed by atoms with van der Waals surface area (Å²) in [6.45, 7) is 3.27. The van der Waals surface area contributed by atoms with E-state index in [2.05, 4.69) is 4.98 Å². The van der Waals surface area contributed by atoms with Crippen molar-refractivity contribution in [3.05, 3.63) is 29.0 Å². The van der Waals surface area contributed by atoms with Gasteiger partial charge in [0.05, 0.1) is 15.1 Å². The van der Waals surface area contributed by atoms with Gasteiger partial charge in [-0.15, -0.1) is 11.3 Å². The van der Waals surface area contributed by atoms with Gasteiger partial charge in [0.15, 0.2) is 0 Å². The molecular weight excluding hydrogens is 241 g/mol. The number of hydrogen-bond donors (Lipinski definition) is 1. The highest BCUT2D eigenvalue weighted by Crippen LogP contribution is 2.29. The number of aromatic nitrogens is 1. The van der Waals surface area contributed by atoms with Gasteiger partial charge in [0.2, 0.25) is 0 Å². The maximum absolute atomic E-state index is 13.4. The molecule has 1 N–H and O–H groups in total. The predicted octanol–water partition coefficient (Wildman–Crippen LogP) is 3.09. The summed E-state index contributed by atoms with van der Waals surface area (Å²) in [6, 6.07) is 4.77. The Morgan fingerprint density at radius 1 is 1.53 bits per heavy atom. The lowest BCUT2D eigenvalue weighted by molar-refractivity contribution is -0.146. The monoisotopic (exact) mass is 253 g/mol. The summed E-state index contributed by atoms with van der Waals surface area (Å²) >= 11 is 1.34. The number of rotatable bonds is 3. The largest absolute Gasteiger partial charge is 0.481 e. The van der Waals surface area contributed by atoms with Crippen molar-refractivity contribution in [3.8, 4) is 0 Å². The van der Waals surface area contributed by atoms with E-state index in [1.54, 1.807) is 26.0 Å². The highest BCUT2D eigenvalue weighted by Gasteiger charge is 2.29. The summed E-state index contributed by atoms with van der Waals surface area (Å²) in [5, 5.41) is 9.69. The van der Waals surface area contributed by atoms with Gasteiger partial charge in [0, 0.05) is 6.42 Å². The first-order valence-corrected chi connectivity index (χ1v) is 5.99. The van der Waals surface area contributed by atoms with Crippen molar-refractivity contribution in [2.75, 3.05) is 0 Å². The Morgan fingerprint density at radius 3 is 2.82 bits per heavy atom. The van der Waals surface area contributed by atoms with E-state index in [1.807, 2.05) is 0 Å². The number of benzene rings is 1. The molecular formula is C12H12FNO2S. The van der Waals surface area contributed by atoms with Gasteiger partial charge in [-0.2, -0.15) is 0 Å². The van der Waals surface area contributed by atoms with Crippen LogP contribution >= 0.6 is 11.3 Å². The molecule has 90 valence electrons. The van der Waals surface area contributed by atoms with Crippen LogP contribution < -0.4 is 0 Å².